The largest absolute Gasteiger partial charge is 0.478 e. The first-order chi connectivity index (χ1) is 19.6. The molecule has 1 aromatic heterocycles. The number of carboxylic acids is 2. The van der Waals surface area contributed by atoms with Crippen molar-refractivity contribution in [3.05, 3.63) is 82.2 Å². The molecule has 2 amide bonds. The number of hydrogen-bond donors (Lipinski definition) is 4. The number of hydrogen-bond acceptors (Lipinski definition) is 4. The van der Waals surface area contributed by atoms with Crippen molar-refractivity contribution in [1.29, 1.82) is 0 Å². The van der Waals surface area contributed by atoms with Gasteiger partial charge in [-0.3, -0.25) is 0 Å². The quantitative estimate of drug-likeness (QED) is 0.206. The van der Waals surface area contributed by atoms with Crippen LogP contribution in [0.1, 0.15) is 81.8 Å². The number of amides is 2. The number of carbonyl (C=O) groups is 3. The fourth-order valence-corrected chi connectivity index (χ4v) is 7.99. The van der Waals surface area contributed by atoms with Crippen LogP contribution in [0.5, 0.6) is 0 Å². The van der Waals surface area contributed by atoms with Gasteiger partial charge in [-0.1, -0.05) is 12.1 Å². The lowest BCUT2D eigenvalue weighted by molar-refractivity contribution is -0.00518. The molecule has 9 heteroatoms. The van der Waals surface area contributed by atoms with E-state index in [0.29, 0.717) is 28.0 Å². The van der Waals surface area contributed by atoms with Gasteiger partial charge in [-0.25, -0.2) is 19.8 Å². The van der Waals surface area contributed by atoms with Crippen LogP contribution in [0.15, 0.2) is 53.6 Å². The summed E-state index contributed by atoms with van der Waals surface area (Å²) in [6, 6.07) is 13.7. The summed E-state index contributed by atoms with van der Waals surface area (Å²) in [6.45, 7) is 3.64. The first kappa shape index (κ1) is 26.8. The molecular weight excluding hydrogens is 520 g/mol. The van der Waals surface area contributed by atoms with E-state index in [4.69, 9.17) is 0 Å². The van der Waals surface area contributed by atoms with E-state index >= 15 is 0 Å². The lowest BCUT2D eigenvalue weighted by Gasteiger charge is -2.57. The normalized spacial score (nSPS) is 24.5. The van der Waals surface area contributed by atoms with Crippen molar-refractivity contribution >= 4 is 29.9 Å². The van der Waals surface area contributed by atoms with E-state index in [1.807, 2.05) is 32.0 Å². The standard InChI is InChI=1S/C32H34N4O5/c1-18-7-25(19(2)36(18)28-12-23(29(37)38)11-24(13-28)30(39)40)17-33-35-31(41)34-27-5-3-26(4-6-27)32-14-20-8-21(15-32)10-22(9-20)16-32/h3-7,11-13,17,20-22H,8-10,14-16H2,1-2H3,(H,37,38)(H,39,40)(H2,34,35,41)/b33-17+. The number of anilines is 1. The average molecular weight is 555 g/mol. The van der Waals surface area contributed by atoms with Gasteiger partial charge < -0.3 is 20.1 Å². The summed E-state index contributed by atoms with van der Waals surface area (Å²) in [5.41, 5.74) is 7.27. The molecule has 0 unspecified atom stereocenters. The van der Waals surface area contributed by atoms with Crippen molar-refractivity contribution in [2.75, 3.05) is 5.32 Å². The van der Waals surface area contributed by atoms with Gasteiger partial charge in [-0.15, -0.1) is 0 Å². The van der Waals surface area contributed by atoms with Crippen molar-refractivity contribution in [3.8, 4) is 5.69 Å². The molecule has 7 rings (SSSR count). The molecule has 2 aromatic carbocycles. The summed E-state index contributed by atoms with van der Waals surface area (Å²) in [5, 5.41) is 25.8. The highest BCUT2D eigenvalue weighted by Crippen LogP contribution is 2.60. The number of urea groups is 1. The van der Waals surface area contributed by atoms with E-state index in [1.165, 1.54) is 62.4 Å². The number of aromatic nitrogens is 1. The zero-order valence-corrected chi connectivity index (χ0v) is 23.2. The fourth-order valence-electron chi connectivity index (χ4n) is 7.99. The molecule has 41 heavy (non-hydrogen) atoms. The fraction of sp³-hybridized carbons (Fsp3) is 0.375. The molecule has 0 spiro atoms. The van der Waals surface area contributed by atoms with Gasteiger partial charge in [0, 0.05) is 28.3 Å². The molecule has 4 N–H and O–H groups in total. The van der Waals surface area contributed by atoms with E-state index in [-0.39, 0.29) is 11.1 Å². The maximum absolute atomic E-state index is 12.5. The SMILES string of the molecule is Cc1cc(/C=N/NC(=O)Nc2ccc(C34CC5CC(CC(C5)C3)C4)cc2)c(C)n1-c1cc(C(=O)O)cc(C(=O)O)c1. The number of hydrazone groups is 1. The molecule has 212 valence electrons. The summed E-state index contributed by atoms with van der Waals surface area (Å²) < 4.78 is 1.76. The molecular formula is C32H34N4O5. The number of carboxylic acid groups (broad SMARTS) is 2. The number of nitrogens with one attached hydrogen (secondary N) is 2. The molecule has 0 saturated heterocycles. The van der Waals surface area contributed by atoms with Gasteiger partial charge in [0.1, 0.15) is 0 Å². The summed E-state index contributed by atoms with van der Waals surface area (Å²) in [4.78, 5) is 35.6. The second-order valence-corrected chi connectivity index (χ2v) is 12.1. The van der Waals surface area contributed by atoms with Gasteiger partial charge in [-0.2, -0.15) is 5.10 Å². The molecule has 3 aromatic rings. The van der Waals surface area contributed by atoms with Crippen LogP contribution in [0.2, 0.25) is 0 Å². The Morgan fingerprint density at radius 3 is 1.98 bits per heavy atom. The zero-order chi connectivity index (χ0) is 28.9. The van der Waals surface area contributed by atoms with E-state index in [9.17, 15) is 24.6 Å². The Morgan fingerprint density at radius 1 is 0.878 bits per heavy atom. The lowest BCUT2D eigenvalue weighted by atomic mass is 9.48. The number of benzene rings is 2. The summed E-state index contributed by atoms with van der Waals surface area (Å²) in [7, 11) is 0. The van der Waals surface area contributed by atoms with Crippen LogP contribution < -0.4 is 10.7 Å². The van der Waals surface area contributed by atoms with Crippen LogP contribution in [0.25, 0.3) is 5.69 Å². The molecule has 0 atom stereocenters. The number of aryl methyl sites for hydroxylation is 1. The third-order valence-electron chi connectivity index (χ3n) is 9.30. The summed E-state index contributed by atoms with van der Waals surface area (Å²) in [6.07, 6.45) is 9.63. The number of rotatable bonds is 7. The van der Waals surface area contributed by atoms with Crippen molar-refractivity contribution in [2.45, 2.75) is 57.8 Å². The molecule has 4 saturated carbocycles. The van der Waals surface area contributed by atoms with Crippen LogP contribution in [-0.2, 0) is 5.41 Å². The molecule has 4 aliphatic rings. The molecule has 0 radical (unpaired) electrons. The molecule has 4 aliphatic carbocycles. The van der Waals surface area contributed by atoms with Crippen molar-refractivity contribution in [1.82, 2.24) is 9.99 Å². The Morgan fingerprint density at radius 2 is 1.44 bits per heavy atom. The second-order valence-electron chi connectivity index (χ2n) is 12.1. The predicted molar refractivity (Wildman–Crippen MR) is 155 cm³/mol. The highest BCUT2D eigenvalue weighted by Gasteiger charge is 2.51. The monoisotopic (exact) mass is 554 g/mol. The maximum Gasteiger partial charge on any atom is 0.339 e. The first-order valence-electron chi connectivity index (χ1n) is 14.1. The van der Waals surface area contributed by atoms with Gasteiger partial charge in [0.2, 0.25) is 0 Å². The van der Waals surface area contributed by atoms with Crippen LogP contribution >= 0.6 is 0 Å². The van der Waals surface area contributed by atoms with Gasteiger partial charge in [0.05, 0.1) is 17.3 Å². The number of aromatic carboxylic acids is 2. The van der Waals surface area contributed by atoms with Crippen LogP contribution in [0.4, 0.5) is 10.5 Å². The van der Waals surface area contributed by atoms with Gasteiger partial charge >= 0.3 is 18.0 Å². The summed E-state index contributed by atoms with van der Waals surface area (Å²) >= 11 is 0. The average Bonchev–Trinajstić information content (AvgIpc) is 3.20. The minimum absolute atomic E-state index is 0.119. The Hall–Kier alpha value is -4.40. The van der Waals surface area contributed by atoms with Gasteiger partial charge in [0.15, 0.2) is 0 Å². The second kappa shape index (κ2) is 10.2. The topological polar surface area (TPSA) is 133 Å². The minimum Gasteiger partial charge on any atom is -0.478 e. The Labute approximate surface area is 238 Å². The Bertz CT molecular complexity index is 1500. The highest BCUT2D eigenvalue weighted by atomic mass is 16.4. The van der Waals surface area contributed by atoms with E-state index in [2.05, 4.69) is 28.0 Å². The molecule has 4 fully saturated rings. The van der Waals surface area contributed by atoms with E-state index in [1.54, 1.807) is 4.57 Å². The highest BCUT2D eigenvalue weighted by molar-refractivity contribution is 5.95. The van der Waals surface area contributed by atoms with Gasteiger partial charge in [0.25, 0.3) is 0 Å². The zero-order valence-electron chi connectivity index (χ0n) is 23.2. The van der Waals surface area contributed by atoms with Crippen molar-refractivity contribution in [3.63, 3.8) is 0 Å². The number of nitrogens with zero attached hydrogens (tertiary/aromatic N) is 2. The van der Waals surface area contributed by atoms with Crippen molar-refractivity contribution in [2.24, 2.45) is 22.9 Å². The minimum atomic E-state index is -1.21. The third-order valence-corrected chi connectivity index (χ3v) is 9.30. The first-order valence-corrected chi connectivity index (χ1v) is 14.1. The van der Waals surface area contributed by atoms with Crippen molar-refractivity contribution < 1.29 is 24.6 Å². The van der Waals surface area contributed by atoms with Gasteiger partial charge in [-0.05, 0) is 118 Å². The third kappa shape index (κ3) is 5.12. The smallest absolute Gasteiger partial charge is 0.339 e. The molecule has 4 bridgehead atoms. The number of carbonyl (C=O) groups excluding carboxylic acids is 1. The predicted octanol–water partition coefficient (Wildman–Crippen LogP) is 6.11. The molecule has 0 aliphatic heterocycles. The molecule has 9 nitrogen and oxygen atoms in total. The maximum atomic E-state index is 12.5. The van der Waals surface area contributed by atoms with E-state index in [0.717, 1.165) is 29.5 Å². The van der Waals surface area contributed by atoms with E-state index < -0.39 is 18.0 Å². The Kier molecular flexibility index (Phi) is 6.68. The van der Waals surface area contributed by atoms with Crippen LogP contribution in [0, 0.1) is 31.6 Å². The summed E-state index contributed by atoms with van der Waals surface area (Å²) in [5.74, 6) is 0.213. The van der Waals surface area contributed by atoms with Crippen LogP contribution in [-0.4, -0.2) is 39.0 Å². The van der Waals surface area contributed by atoms with Crippen LogP contribution in [0.3, 0.4) is 0 Å². The molecule has 1 heterocycles. The lowest BCUT2D eigenvalue weighted by Crippen LogP contribution is -2.48. The Balaban J connectivity index is 1.12.